The summed E-state index contributed by atoms with van der Waals surface area (Å²) < 4.78 is 1.05. The second-order valence-electron chi connectivity index (χ2n) is 3.43. The highest BCUT2D eigenvalue weighted by atomic mass is 79.9. The van der Waals surface area contributed by atoms with Gasteiger partial charge in [0.1, 0.15) is 0 Å². The summed E-state index contributed by atoms with van der Waals surface area (Å²) in [5.74, 6) is 0. The van der Waals surface area contributed by atoms with E-state index in [-0.39, 0.29) is 0 Å². The summed E-state index contributed by atoms with van der Waals surface area (Å²) in [7, 11) is 0. The van der Waals surface area contributed by atoms with Gasteiger partial charge in [0.05, 0.1) is 0 Å². The molecule has 0 unspecified atom stereocenters. The Labute approximate surface area is 99.1 Å². The maximum atomic E-state index is 3.57. The molecule has 0 aliphatic rings. The smallest absolute Gasteiger partial charge is 0.0335 e. The fraction of sp³-hybridized carbons (Fsp3) is 0.143. The Hall–Kier alpha value is -1.08. The van der Waals surface area contributed by atoms with Crippen molar-refractivity contribution in [3.8, 4) is 11.1 Å². The Kier molecular flexibility index (Phi) is 3.22. The SMILES string of the molecule is CCc1[c]c(Br)c(-c2ccccc2)cc1. The largest absolute Gasteiger partial charge is 0.0622 e. The molecule has 0 saturated heterocycles. The Morgan fingerprint density at radius 2 is 1.80 bits per heavy atom. The second-order valence-corrected chi connectivity index (χ2v) is 4.22. The van der Waals surface area contributed by atoms with Crippen molar-refractivity contribution in [1.82, 2.24) is 0 Å². The maximum Gasteiger partial charge on any atom is 0.0335 e. The van der Waals surface area contributed by atoms with E-state index < -0.39 is 0 Å². The summed E-state index contributed by atoms with van der Waals surface area (Å²) in [6.45, 7) is 2.14. The first kappa shape index (κ1) is 10.4. The van der Waals surface area contributed by atoms with Gasteiger partial charge >= 0.3 is 0 Å². The van der Waals surface area contributed by atoms with Gasteiger partial charge in [-0.1, -0.05) is 49.4 Å². The first-order valence-corrected chi connectivity index (χ1v) is 5.86. The summed E-state index contributed by atoms with van der Waals surface area (Å²) in [6, 6.07) is 18.0. The van der Waals surface area contributed by atoms with Crippen molar-refractivity contribution in [2.75, 3.05) is 0 Å². The zero-order valence-electron chi connectivity index (χ0n) is 8.63. The average molecular weight is 260 g/mol. The molecule has 15 heavy (non-hydrogen) atoms. The minimum Gasteiger partial charge on any atom is -0.0622 e. The number of hydrogen-bond donors (Lipinski definition) is 0. The standard InChI is InChI=1S/C14H12Br/c1-2-11-8-9-13(14(15)10-11)12-6-4-3-5-7-12/h3-9H,2H2,1H3. The van der Waals surface area contributed by atoms with Gasteiger partial charge in [0, 0.05) is 10.5 Å². The molecule has 0 spiro atoms. The molecule has 0 N–H and O–H groups in total. The molecular formula is C14H12Br. The highest BCUT2D eigenvalue weighted by Crippen LogP contribution is 2.28. The zero-order valence-corrected chi connectivity index (χ0v) is 10.2. The van der Waals surface area contributed by atoms with E-state index in [0.29, 0.717) is 0 Å². The van der Waals surface area contributed by atoms with E-state index in [4.69, 9.17) is 0 Å². The molecule has 0 fully saturated rings. The first-order chi connectivity index (χ1) is 7.31. The highest BCUT2D eigenvalue weighted by molar-refractivity contribution is 9.10. The van der Waals surface area contributed by atoms with Crippen LogP contribution in [-0.2, 0) is 6.42 Å². The monoisotopic (exact) mass is 259 g/mol. The lowest BCUT2D eigenvalue weighted by Crippen LogP contribution is -1.84. The Morgan fingerprint density at radius 1 is 1.07 bits per heavy atom. The Morgan fingerprint density at radius 3 is 2.40 bits per heavy atom. The highest BCUT2D eigenvalue weighted by Gasteiger charge is 2.03. The molecule has 2 aromatic carbocycles. The maximum absolute atomic E-state index is 3.57. The van der Waals surface area contributed by atoms with E-state index in [2.05, 4.69) is 65.3 Å². The normalized spacial score (nSPS) is 10.3. The molecule has 2 aromatic rings. The molecule has 75 valence electrons. The summed E-state index contributed by atoms with van der Waals surface area (Å²) >= 11 is 3.57. The summed E-state index contributed by atoms with van der Waals surface area (Å²) in [5, 5.41) is 0. The predicted octanol–water partition coefficient (Wildman–Crippen LogP) is 4.48. The average Bonchev–Trinajstić information content (AvgIpc) is 2.30. The number of benzene rings is 2. The van der Waals surface area contributed by atoms with Crippen molar-refractivity contribution < 1.29 is 0 Å². The van der Waals surface area contributed by atoms with Crippen molar-refractivity contribution >= 4 is 15.9 Å². The van der Waals surface area contributed by atoms with Crippen LogP contribution in [0.3, 0.4) is 0 Å². The van der Waals surface area contributed by atoms with Crippen molar-refractivity contribution in [3.05, 3.63) is 58.6 Å². The number of halogens is 1. The van der Waals surface area contributed by atoms with E-state index in [9.17, 15) is 0 Å². The lowest BCUT2D eigenvalue weighted by molar-refractivity contribution is 1.13. The van der Waals surface area contributed by atoms with E-state index in [1.54, 1.807) is 0 Å². The Balaban J connectivity index is 2.46. The lowest BCUT2D eigenvalue weighted by Gasteiger charge is -2.05. The van der Waals surface area contributed by atoms with Crippen molar-refractivity contribution in [3.63, 3.8) is 0 Å². The number of aryl methyl sites for hydroxylation is 1. The zero-order chi connectivity index (χ0) is 10.7. The quantitative estimate of drug-likeness (QED) is 0.746. The minimum atomic E-state index is 1.02. The van der Waals surface area contributed by atoms with Crippen LogP contribution < -0.4 is 0 Å². The van der Waals surface area contributed by atoms with Gasteiger partial charge in [-0.3, -0.25) is 0 Å². The third-order valence-electron chi connectivity index (χ3n) is 2.42. The van der Waals surface area contributed by atoms with Crippen molar-refractivity contribution in [1.29, 1.82) is 0 Å². The molecule has 1 radical (unpaired) electrons. The molecule has 0 nitrogen and oxygen atoms in total. The van der Waals surface area contributed by atoms with Crippen molar-refractivity contribution in [2.45, 2.75) is 13.3 Å². The van der Waals surface area contributed by atoms with Gasteiger partial charge in [0.2, 0.25) is 0 Å². The van der Waals surface area contributed by atoms with Gasteiger partial charge in [-0.25, -0.2) is 0 Å². The third kappa shape index (κ3) is 2.29. The van der Waals surface area contributed by atoms with Gasteiger partial charge in [0.15, 0.2) is 0 Å². The predicted molar refractivity (Wildman–Crippen MR) is 67.8 cm³/mol. The van der Waals surface area contributed by atoms with E-state index >= 15 is 0 Å². The number of hydrogen-bond acceptors (Lipinski definition) is 0. The lowest BCUT2D eigenvalue weighted by atomic mass is 10.0. The molecule has 1 heteroatoms. The fourth-order valence-electron chi connectivity index (χ4n) is 1.55. The number of rotatable bonds is 2. The van der Waals surface area contributed by atoms with Crippen LogP contribution in [0.5, 0.6) is 0 Å². The first-order valence-electron chi connectivity index (χ1n) is 5.07. The van der Waals surface area contributed by atoms with Crippen LogP contribution in [0.2, 0.25) is 0 Å². The molecule has 0 aromatic heterocycles. The van der Waals surface area contributed by atoms with Gasteiger partial charge < -0.3 is 0 Å². The van der Waals surface area contributed by atoms with Gasteiger partial charge in [-0.05, 0) is 39.0 Å². The molecule has 0 heterocycles. The molecule has 0 aliphatic carbocycles. The van der Waals surface area contributed by atoms with Crippen LogP contribution in [-0.4, -0.2) is 0 Å². The topological polar surface area (TPSA) is 0 Å². The van der Waals surface area contributed by atoms with E-state index in [1.165, 1.54) is 16.7 Å². The van der Waals surface area contributed by atoms with E-state index in [0.717, 1.165) is 10.9 Å². The molecular weight excluding hydrogens is 248 g/mol. The molecule has 0 aliphatic heterocycles. The van der Waals surface area contributed by atoms with Crippen LogP contribution in [0, 0.1) is 6.07 Å². The van der Waals surface area contributed by atoms with Gasteiger partial charge in [0.25, 0.3) is 0 Å². The third-order valence-corrected chi connectivity index (χ3v) is 3.05. The fourth-order valence-corrected chi connectivity index (χ4v) is 2.17. The van der Waals surface area contributed by atoms with Crippen LogP contribution in [0.1, 0.15) is 12.5 Å². The van der Waals surface area contributed by atoms with Gasteiger partial charge in [-0.2, -0.15) is 0 Å². The van der Waals surface area contributed by atoms with Crippen LogP contribution in [0.15, 0.2) is 46.9 Å². The summed E-state index contributed by atoms with van der Waals surface area (Å²) in [5.41, 5.74) is 3.66. The second kappa shape index (κ2) is 4.63. The molecule has 2 rings (SSSR count). The van der Waals surface area contributed by atoms with E-state index in [1.807, 2.05) is 6.07 Å². The van der Waals surface area contributed by atoms with Crippen LogP contribution in [0.25, 0.3) is 11.1 Å². The Bertz CT molecular complexity index is 446. The van der Waals surface area contributed by atoms with Crippen molar-refractivity contribution in [2.24, 2.45) is 0 Å². The molecule has 0 atom stereocenters. The van der Waals surface area contributed by atoms with Gasteiger partial charge in [-0.15, -0.1) is 0 Å². The summed E-state index contributed by atoms with van der Waals surface area (Å²) in [4.78, 5) is 0. The molecule has 0 amide bonds. The minimum absolute atomic E-state index is 1.02. The molecule has 0 bridgehead atoms. The van der Waals surface area contributed by atoms with Crippen LogP contribution in [0.4, 0.5) is 0 Å². The van der Waals surface area contributed by atoms with Crippen LogP contribution >= 0.6 is 15.9 Å². The summed E-state index contributed by atoms with van der Waals surface area (Å²) in [6.07, 6.45) is 1.02. The molecule has 0 saturated carbocycles.